The summed E-state index contributed by atoms with van der Waals surface area (Å²) in [6.45, 7) is 5.45. The topological polar surface area (TPSA) is 24.5 Å². The number of anilines is 1. The fourth-order valence-corrected chi connectivity index (χ4v) is 3.82. The summed E-state index contributed by atoms with van der Waals surface area (Å²) in [6, 6.07) is 4.75. The highest BCUT2D eigenvalue weighted by molar-refractivity contribution is 9.11. The maximum absolute atomic E-state index is 5.38. The second-order valence-electron chi connectivity index (χ2n) is 4.82. The first-order valence-corrected chi connectivity index (χ1v) is 8.25. The fraction of sp³-hybridized carbons (Fsp3) is 0.571. The Morgan fingerprint density at radius 3 is 2.84 bits per heavy atom. The van der Waals surface area contributed by atoms with Gasteiger partial charge in [0.1, 0.15) is 5.75 Å². The number of nitrogens with one attached hydrogen (secondary N) is 1. The fourth-order valence-electron chi connectivity index (χ4n) is 2.41. The lowest BCUT2D eigenvalue weighted by Crippen LogP contribution is -2.33. The molecule has 2 rings (SSSR count). The van der Waals surface area contributed by atoms with Gasteiger partial charge in [-0.1, -0.05) is 6.92 Å². The zero-order valence-electron chi connectivity index (χ0n) is 11.4. The molecule has 0 bridgehead atoms. The largest absolute Gasteiger partial charge is 0.495 e. The normalized spacial score (nSPS) is 18.9. The molecule has 0 aliphatic carbocycles. The molecule has 1 aliphatic rings. The van der Waals surface area contributed by atoms with Gasteiger partial charge in [0.05, 0.1) is 17.3 Å². The predicted octanol–water partition coefficient (Wildman–Crippen LogP) is 3.80. The Balaban J connectivity index is 2.10. The number of hydrogen-bond acceptors (Lipinski definition) is 3. The van der Waals surface area contributed by atoms with Gasteiger partial charge >= 0.3 is 0 Å². The second kappa shape index (κ2) is 6.95. The van der Waals surface area contributed by atoms with E-state index in [1.165, 1.54) is 18.5 Å². The molecule has 19 heavy (non-hydrogen) atoms. The molecule has 1 unspecified atom stereocenters. The highest BCUT2D eigenvalue weighted by Gasteiger charge is 2.24. The van der Waals surface area contributed by atoms with Crippen molar-refractivity contribution >= 4 is 37.5 Å². The molecular formula is C14H20Br2N2O. The highest BCUT2D eigenvalue weighted by Crippen LogP contribution is 2.37. The van der Waals surface area contributed by atoms with Crippen molar-refractivity contribution in [2.24, 2.45) is 0 Å². The van der Waals surface area contributed by atoms with Gasteiger partial charge in [0.25, 0.3) is 0 Å². The number of hydrogen-bond donors (Lipinski definition) is 1. The van der Waals surface area contributed by atoms with Crippen molar-refractivity contribution in [3.63, 3.8) is 0 Å². The molecule has 5 heteroatoms. The first-order valence-electron chi connectivity index (χ1n) is 6.67. The molecule has 1 aromatic rings. The maximum Gasteiger partial charge on any atom is 0.135 e. The van der Waals surface area contributed by atoms with E-state index in [1.54, 1.807) is 7.11 Å². The highest BCUT2D eigenvalue weighted by atomic mass is 79.9. The Hall–Kier alpha value is -0.260. The van der Waals surface area contributed by atoms with E-state index in [0.29, 0.717) is 6.04 Å². The Morgan fingerprint density at radius 2 is 2.16 bits per heavy atom. The van der Waals surface area contributed by atoms with Crippen LogP contribution in [0.5, 0.6) is 5.75 Å². The minimum absolute atomic E-state index is 0.599. The van der Waals surface area contributed by atoms with Crippen molar-refractivity contribution in [3.05, 3.63) is 21.1 Å². The van der Waals surface area contributed by atoms with Gasteiger partial charge in [0.15, 0.2) is 0 Å². The van der Waals surface area contributed by atoms with Gasteiger partial charge in [-0.25, -0.2) is 0 Å². The first-order chi connectivity index (χ1) is 9.15. The summed E-state index contributed by atoms with van der Waals surface area (Å²) in [4.78, 5) is 2.41. The van der Waals surface area contributed by atoms with Crippen LogP contribution in [0.2, 0.25) is 0 Å². The SMILES string of the molecule is CCCNC1CCN(c2cc(OC)c(Br)cc2Br)C1. The molecule has 0 aromatic heterocycles. The van der Waals surface area contributed by atoms with E-state index >= 15 is 0 Å². The predicted molar refractivity (Wildman–Crippen MR) is 87.3 cm³/mol. The molecule has 1 N–H and O–H groups in total. The van der Waals surface area contributed by atoms with Crippen LogP contribution in [0.15, 0.2) is 21.1 Å². The van der Waals surface area contributed by atoms with Crippen LogP contribution in [0, 0.1) is 0 Å². The van der Waals surface area contributed by atoms with E-state index in [0.717, 1.165) is 34.3 Å². The zero-order valence-corrected chi connectivity index (χ0v) is 14.6. The van der Waals surface area contributed by atoms with Crippen molar-refractivity contribution in [2.75, 3.05) is 31.6 Å². The Morgan fingerprint density at radius 1 is 1.37 bits per heavy atom. The lowest BCUT2D eigenvalue weighted by molar-refractivity contribution is 0.412. The second-order valence-corrected chi connectivity index (χ2v) is 6.53. The van der Waals surface area contributed by atoms with E-state index in [2.05, 4.69) is 61.1 Å². The molecule has 3 nitrogen and oxygen atoms in total. The molecule has 106 valence electrons. The van der Waals surface area contributed by atoms with Crippen molar-refractivity contribution in [2.45, 2.75) is 25.8 Å². The summed E-state index contributed by atoms with van der Waals surface area (Å²) in [5.74, 6) is 0.878. The summed E-state index contributed by atoms with van der Waals surface area (Å²) in [6.07, 6.45) is 2.39. The van der Waals surface area contributed by atoms with E-state index < -0.39 is 0 Å². The molecule has 0 amide bonds. The van der Waals surface area contributed by atoms with Crippen LogP contribution in [0.1, 0.15) is 19.8 Å². The summed E-state index contributed by atoms with van der Waals surface area (Å²) in [5.41, 5.74) is 1.21. The van der Waals surface area contributed by atoms with Gasteiger partial charge in [-0.15, -0.1) is 0 Å². The van der Waals surface area contributed by atoms with E-state index in [4.69, 9.17) is 4.74 Å². The maximum atomic E-state index is 5.38. The van der Waals surface area contributed by atoms with Crippen LogP contribution in [0.25, 0.3) is 0 Å². The number of rotatable bonds is 5. The number of benzene rings is 1. The molecule has 0 radical (unpaired) electrons. The molecule has 1 heterocycles. The van der Waals surface area contributed by atoms with Gasteiger partial charge < -0.3 is 15.0 Å². The number of nitrogens with zero attached hydrogens (tertiary/aromatic N) is 1. The van der Waals surface area contributed by atoms with Crippen molar-refractivity contribution in [3.8, 4) is 5.75 Å². The Bertz CT molecular complexity index is 440. The number of halogens is 2. The van der Waals surface area contributed by atoms with E-state index in [9.17, 15) is 0 Å². The molecule has 1 saturated heterocycles. The Kier molecular flexibility index (Phi) is 5.54. The van der Waals surface area contributed by atoms with Crippen LogP contribution in [0.4, 0.5) is 5.69 Å². The lowest BCUT2D eigenvalue weighted by atomic mass is 10.2. The zero-order chi connectivity index (χ0) is 13.8. The van der Waals surface area contributed by atoms with Crippen molar-refractivity contribution < 1.29 is 4.74 Å². The van der Waals surface area contributed by atoms with Gasteiger partial charge in [-0.05, 0) is 57.3 Å². The van der Waals surface area contributed by atoms with Gasteiger partial charge in [0, 0.05) is 29.7 Å². The number of ether oxygens (including phenoxy) is 1. The molecule has 0 spiro atoms. The van der Waals surface area contributed by atoms with Crippen LogP contribution in [-0.2, 0) is 0 Å². The monoisotopic (exact) mass is 390 g/mol. The molecule has 1 atom stereocenters. The van der Waals surface area contributed by atoms with E-state index in [1.807, 2.05) is 0 Å². The van der Waals surface area contributed by atoms with Crippen LogP contribution >= 0.6 is 31.9 Å². The smallest absolute Gasteiger partial charge is 0.135 e. The first kappa shape index (κ1) is 15.1. The summed E-state index contributed by atoms with van der Waals surface area (Å²) < 4.78 is 7.47. The molecule has 0 saturated carbocycles. The average molecular weight is 392 g/mol. The minimum Gasteiger partial charge on any atom is -0.495 e. The summed E-state index contributed by atoms with van der Waals surface area (Å²) in [5, 5.41) is 3.59. The third-order valence-electron chi connectivity index (χ3n) is 3.43. The third kappa shape index (κ3) is 3.64. The van der Waals surface area contributed by atoms with Crippen LogP contribution in [-0.4, -0.2) is 32.8 Å². The quantitative estimate of drug-likeness (QED) is 0.826. The molecule has 1 aromatic carbocycles. The van der Waals surface area contributed by atoms with Crippen molar-refractivity contribution in [1.82, 2.24) is 5.32 Å². The van der Waals surface area contributed by atoms with Crippen molar-refractivity contribution in [1.29, 1.82) is 0 Å². The van der Waals surface area contributed by atoms with E-state index in [-0.39, 0.29) is 0 Å². The van der Waals surface area contributed by atoms with Crippen LogP contribution < -0.4 is 15.0 Å². The summed E-state index contributed by atoms with van der Waals surface area (Å²) >= 11 is 7.16. The van der Waals surface area contributed by atoms with Gasteiger partial charge in [-0.2, -0.15) is 0 Å². The van der Waals surface area contributed by atoms with Crippen LogP contribution in [0.3, 0.4) is 0 Å². The minimum atomic E-state index is 0.599. The Labute approximate surface area is 132 Å². The number of methoxy groups -OCH3 is 1. The lowest BCUT2D eigenvalue weighted by Gasteiger charge is -2.21. The molecular weight excluding hydrogens is 372 g/mol. The van der Waals surface area contributed by atoms with Gasteiger partial charge in [0.2, 0.25) is 0 Å². The standard InChI is InChI=1S/C14H20Br2N2O/c1-3-5-17-10-4-6-18(9-10)13-8-14(19-2)12(16)7-11(13)15/h7-8,10,17H,3-6,9H2,1-2H3. The average Bonchev–Trinajstić information content (AvgIpc) is 2.85. The van der Waals surface area contributed by atoms with Gasteiger partial charge in [-0.3, -0.25) is 0 Å². The third-order valence-corrected chi connectivity index (χ3v) is 4.69. The summed E-state index contributed by atoms with van der Waals surface area (Å²) in [7, 11) is 1.70. The molecule has 1 aliphatic heterocycles. The molecule has 1 fully saturated rings.